The Morgan fingerprint density at radius 1 is 1.47 bits per heavy atom. The van der Waals surface area contributed by atoms with Crippen molar-refractivity contribution in [2.75, 3.05) is 17.6 Å². The highest BCUT2D eigenvalue weighted by Crippen LogP contribution is 2.20. The largest absolute Gasteiger partial charge is 0.394 e. The molecule has 1 atom stereocenters. The summed E-state index contributed by atoms with van der Waals surface area (Å²) >= 11 is 5.75. The van der Waals surface area contributed by atoms with Gasteiger partial charge in [0.15, 0.2) is 5.82 Å². The molecule has 0 fully saturated rings. The molecule has 0 aliphatic heterocycles. The molecule has 4 N–H and O–H groups in total. The lowest BCUT2D eigenvalue weighted by Crippen LogP contribution is -2.33. The highest BCUT2D eigenvalue weighted by molar-refractivity contribution is 6.28. The number of amides is 1. The minimum Gasteiger partial charge on any atom is -0.394 e. The Morgan fingerprint density at radius 3 is 2.79 bits per heavy atom. The summed E-state index contributed by atoms with van der Waals surface area (Å²) in [6.45, 7) is 6.19. The van der Waals surface area contributed by atoms with Crippen molar-refractivity contribution in [1.82, 2.24) is 15.3 Å². The average Bonchev–Trinajstić information content (AvgIpc) is 2.34. The third kappa shape index (κ3) is 4.90. The number of nitrogens with two attached hydrogens (primary N) is 1. The summed E-state index contributed by atoms with van der Waals surface area (Å²) < 4.78 is 0. The van der Waals surface area contributed by atoms with Crippen LogP contribution in [0.25, 0.3) is 0 Å². The second-order valence-corrected chi connectivity index (χ2v) is 4.73. The molecule has 0 radical (unpaired) electrons. The molecule has 0 saturated heterocycles. The zero-order chi connectivity index (χ0) is 14.4. The van der Waals surface area contributed by atoms with Gasteiger partial charge in [-0.1, -0.05) is 6.92 Å². The minimum atomic E-state index is -0.00250. The normalized spacial score (nSPS) is 12.0. The predicted molar refractivity (Wildman–Crippen MR) is 77.2 cm³/mol. The van der Waals surface area contributed by atoms with Crippen molar-refractivity contribution in [2.45, 2.75) is 39.7 Å². The van der Waals surface area contributed by atoms with E-state index in [1.165, 1.54) is 0 Å². The van der Waals surface area contributed by atoms with Crippen LogP contribution < -0.4 is 16.4 Å². The molecule has 7 heteroatoms. The van der Waals surface area contributed by atoms with Gasteiger partial charge in [-0.05, 0) is 31.9 Å². The number of hydrogen-bond donors (Lipinski definition) is 3. The number of anilines is 2. The molecule has 0 bridgehead atoms. The fourth-order valence-corrected chi connectivity index (χ4v) is 1.64. The second kappa shape index (κ2) is 7.13. The number of nitrogen functional groups attached to an aromatic ring is 1. The highest BCUT2D eigenvalue weighted by atomic mass is 35.5. The van der Waals surface area contributed by atoms with Gasteiger partial charge in [0, 0.05) is 19.0 Å². The predicted octanol–water partition coefficient (Wildman–Crippen LogP) is 1.74. The van der Waals surface area contributed by atoms with Crippen LogP contribution in [0.2, 0.25) is 5.28 Å². The van der Waals surface area contributed by atoms with E-state index >= 15 is 0 Å². The number of carbonyl (C=O) groups excluding carboxylic acids is 1. The van der Waals surface area contributed by atoms with Crippen LogP contribution in [0, 0.1) is 6.92 Å². The minimum absolute atomic E-state index is 0.00250. The molecule has 19 heavy (non-hydrogen) atoms. The summed E-state index contributed by atoms with van der Waals surface area (Å²) in [4.78, 5) is 19.5. The molecule has 1 aromatic heterocycles. The Bertz CT molecular complexity index is 452. The first-order chi connectivity index (χ1) is 8.93. The second-order valence-electron chi connectivity index (χ2n) is 4.39. The molecule has 0 spiro atoms. The highest BCUT2D eigenvalue weighted by Gasteiger charge is 2.09. The maximum absolute atomic E-state index is 11.6. The van der Waals surface area contributed by atoms with E-state index in [0.717, 1.165) is 6.42 Å². The van der Waals surface area contributed by atoms with E-state index in [9.17, 15) is 4.79 Å². The first-order valence-corrected chi connectivity index (χ1v) is 6.64. The zero-order valence-electron chi connectivity index (χ0n) is 11.5. The SMILES string of the molecule is CCC(C)NC(=O)CCNc1nc(Cl)nc(C)c1N. The Morgan fingerprint density at radius 2 is 2.16 bits per heavy atom. The van der Waals surface area contributed by atoms with Gasteiger partial charge in [-0.15, -0.1) is 0 Å². The maximum atomic E-state index is 11.6. The van der Waals surface area contributed by atoms with Gasteiger partial charge in [0.2, 0.25) is 11.2 Å². The summed E-state index contributed by atoms with van der Waals surface area (Å²) in [6, 6.07) is 0.188. The fraction of sp³-hybridized carbons (Fsp3) is 0.583. The number of nitrogens with zero attached hydrogens (tertiary/aromatic N) is 2. The van der Waals surface area contributed by atoms with Gasteiger partial charge in [-0.2, -0.15) is 4.98 Å². The number of halogens is 1. The molecule has 6 nitrogen and oxygen atoms in total. The van der Waals surface area contributed by atoms with Crippen LogP contribution in [0.4, 0.5) is 11.5 Å². The van der Waals surface area contributed by atoms with Crippen molar-refractivity contribution >= 4 is 29.0 Å². The standard InChI is InChI=1S/C12H20ClN5O/c1-4-7(2)16-9(19)5-6-15-11-10(14)8(3)17-12(13)18-11/h7H,4-6,14H2,1-3H3,(H,16,19)(H,15,17,18). The fourth-order valence-electron chi connectivity index (χ4n) is 1.43. The van der Waals surface area contributed by atoms with Crippen LogP contribution in [0.15, 0.2) is 0 Å². The zero-order valence-corrected chi connectivity index (χ0v) is 12.2. The Hall–Kier alpha value is -1.56. The van der Waals surface area contributed by atoms with Crippen LogP contribution in [0.5, 0.6) is 0 Å². The summed E-state index contributed by atoms with van der Waals surface area (Å²) in [5.74, 6) is 0.464. The van der Waals surface area contributed by atoms with Gasteiger partial charge in [0.25, 0.3) is 0 Å². The first-order valence-electron chi connectivity index (χ1n) is 6.26. The van der Waals surface area contributed by atoms with E-state index in [1.54, 1.807) is 6.92 Å². The molecule has 1 unspecified atom stereocenters. The lowest BCUT2D eigenvalue weighted by molar-refractivity contribution is -0.121. The molecular weight excluding hydrogens is 266 g/mol. The molecule has 0 aliphatic rings. The number of hydrogen-bond acceptors (Lipinski definition) is 5. The number of aryl methyl sites for hydroxylation is 1. The quantitative estimate of drug-likeness (QED) is 0.692. The topological polar surface area (TPSA) is 92.9 Å². The first kappa shape index (κ1) is 15.5. The summed E-state index contributed by atoms with van der Waals surface area (Å²) in [5, 5.41) is 6.02. The van der Waals surface area contributed by atoms with Gasteiger partial charge in [-0.25, -0.2) is 4.98 Å². The number of aromatic nitrogens is 2. The molecule has 0 saturated carbocycles. The van der Waals surface area contributed by atoms with E-state index in [1.807, 2.05) is 13.8 Å². The summed E-state index contributed by atoms with van der Waals surface area (Å²) in [5.41, 5.74) is 6.89. The van der Waals surface area contributed by atoms with Gasteiger partial charge < -0.3 is 16.4 Å². The van der Waals surface area contributed by atoms with Crippen molar-refractivity contribution in [2.24, 2.45) is 0 Å². The Labute approximate surface area is 118 Å². The Kier molecular flexibility index (Phi) is 5.82. The van der Waals surface area contributed by atoms with Gasteiger partial charge in [0.1, 0.15) is 0 Å². The summed E-state index contributed by atoms with van der Waals surface area (Å²) in [6.07, 6.45) is 1.26. The van der Waals surface area contributed by atoms with E-state index in [-0.39, 0.29) is 17.2 Å². The molecule has 0 aromatic carbocycles. The third-order valence-electron chi connectivity index (χ3n) is 2.77. The Balaban J connectivity index is 2.47. The van der Waals surface area contributed by atoms with Crippen molar-refractivity contribution in [3.63, 3.8) is 0 Å². The van der Waals surface area contributed by atoms with E-state index < -0.39 is 0 Å². The lowest BCUT2D eigenvalue weighted by atomic mass is 10.2. The van der Waals surface area contributed by atoms with Crippen molar-refractivity contribution < 1.29 is 4.79 Å². The lowest BCUT2D eigenvalue weighted by Gasteiger charge is -2.12. The van der Waals surface area contributed by atoms with Crippen LogP contribution >= 0.6 is 11.6 Å². The van der Waals surface area contributed by atoms with E-state index in [0.29, 0.717) is 30.2 Å². The van der Waals surface area contributed by atoms with Gasteiger partial charge in [-0.3, -0.25) is 4.79 Å². The number of carbonyl (C=O) groups is 1. The van der Waals surface area contributed by atoms with Gasteiger partial charge >= 0.3 is 0 Å². The number of nitrogens with one attached hydrogen (secondary N) is 2. The van der Waals surface area contributed by atoms with E-state index in [4.69, 9.17) is 17.3 Å². The molecule has 106 valence electrons. The van der Waals surface area contributed by atoms with Crippen molar-refractivity contribution in [3.05, 3.63) is 11.0 Å². The van der Waals surface area contributed by atoms with Crippen molar-refractivity contribution in [1.29, 1.82) is 0 Å². The van der Waals surface area contributed by atoms with Crippen LogP contribution in [-0.4, -0.2) is 28.5 Å². The average molecular weight is 286 g/mol. The monoisotopic (exact) mass is 285 g/mol. The van der Waals surface area contributed by atoms with Crippen molar-refractivity contribution in [3.8, 4) is 0 Å². The maximum Gasteiger partial charge on any atom is 0.224 e. The molecule has 1 aromatic rings. The van der Waals surface area contributed by atoms with Crippen LogP contribution in [-0.2, 0) is 4.79 Å². The van der Waals surface area contributed by atoms with Crippen LogP contribution in [0.3, 0.4) is 0 Å². The molecule has 1 heterocycles. The smallest absolute Gasteiger partial charge is 0.224 e. The molecular formula is C12H20ClN5O. The van der Waals surface area contributed by atoms with E-state index in [2.05, 4.69) is 20.6 Å². The molecule has 1 amide bonds. The van der Waals surface area contributed by atoms with Gasteiger partial charge in [0.05, 0.1) is 11.4 Å². The summed E-state index contributed by atoms with van der Waals surface area (Å²) in [7, 11) is 0. The molecule has 0 aliphatic carbocycles. The molecule has 1 rings (SSSR count). The van der Waals surface area contributed by atoms with Crippen LogP contribution in [0.1, 0.15) is 32.4 Å². The third-order valence-corrected chi connectivity index (χ3v) is 2.94. The number of rotatable bonds is 6.